The summed E-state index contributed by atoms with van der Waals surface area (Å²) >= 11 is 0. The molecule has 0 N–H and O–H groups in total. The fourth-order valence-corrected chi connectivity index (χ4v) is 9.13. The first-order valence-electron chi connectivity index (χ1n) is 11.3. The second kappa shape index (κ2) is 9.49. The first-order chi connectivity index (χ1) is 15.0. The second-order valence-corrected chi connectivity index (χ2v) is 17.6. The number of hydrogen-bond acceptors (Lipinski definition) is 4. The third-order valence-electron chi connectivity index (χ3n) is 5.94. The molecule has 0 saturated carbocycles. The minimum Gasteiger partial charge on any atom is -0.463 e. The van der Waals surface area contributed by atoms with Crippen LogP contribution < -0.4 is 0 Å². The van der Waals surface area contributed by atoms with E-state index in [4.69, 9.17) is 4.74 Å². The Hall–Kier alpha value is -1.96. The summed E-state index contributed by atoms with van der Waals surface area (Å²) in [7, 11) is -5.20. The highest BCUT2D eigenvalue weighted by molar-refractivity contribution is 7.89. The van der Waals surface area contributed by atoms with Gasteiger partial charge in [0.1, 0.15) is 0 Å². The summed E-state index contributed by atoms with van der Waals surface area (Å²) in [6.45, 7) is 12.5. The fraction of sp³-hybridized carbons (Fsp3) is 0.480. The van der Waals surface area contributed by atoms with Crippen LogP contribution in [0.3, 0.4) is 0 Å². The lowest BCUT2D eigenvalue weighted by atomic mass is 9.95. The monoisotopic (exact) mass is 473 g/mol. The van der Waals surface area contributed by atoms with Gasteiger partial charge in [0.15, 0.2) is 0 Å². The van der Waals surface area contributed by atoms with Crippen LogP contribution in [-0.2, 0) is 19.6 Å². The van der Waals surface area contributed by atoms with Crippen molar-refractivity contribution in [2.24, 2.45) is 5.92 Å². The van der Waals surface area contributed by atoms with Gasteiger partial charge < -0.3 is 4.74 Å². The standard InChI is InChI=1S/C25H35NO4SSi/c1-7-30-25(27)22-17-23(18(2)3)26(31(28,29)15-16-32(4,5)6)24(22)21-14-10-12-19-11-8-9-13-20(19)21/h8-14,17-18,23-24H,7,15-16H2,1-6H3/t23-,24-/m1/s1. The molecule has 1 aliphatic rings. The maximum atomic E-state index is 13.8. The molecule has 32 heavy (non-hydrogen) atoms. The summed E-state index contributed by atoms with van der Waals surface area (Å²) in [4.78, 5) is 13.0. The average molecular weight is 474 g/mol. The summed E-state index contributed by atoms with van der Waals surface area (Å²) in [6, 6.07) is 13.3. The molecule has 1 aliphatic heterocycles. The van der Waals surface area contributed by atoms with Crippen molar-refractivity contribution < 1.29 is 17.9 Å². The van der Waals surface area contributed by atoms with Crippen LogP contribution >= 0.6 is 0 Å². The van der Waals surface area contributed by atoms with Crippen LogP contribution in [0.5, 0.6) is 0 Å². The van der Waals surface area contributed by atoms with Crippen molar-refractivity contribution in [2.75, 3.05) is 12.4 Å². The smallest absolute Gasteiger partial charge is 0.335 e. The van der Waals surface area contributed by atoms with Crippen LogP contribution in [0.4, 0.5) is 0 Å². The predicted molar refractivity (Wildman–Crippen MR) is 134 cm³/mol. The van der Waals surface area contributed by atoms with Gasteiger partial charge in [-0.1, -0.05) is 82.0 Å². The van der Waals surface area contributed by atoms with E-state index in [0.29, 0.717) is 11.6 Å². The number of fused-ring (bicyclic) bond motifs is 1. The van der Waals surface area contributed by atoms with Crippen LogP contribution in [-0.4, -0.2) is 45.2 Å². The molecule has 0 unspecified atom stereocenters. The molecule has 0 bridgehead atoms. The molecule has 5 nitrogen and oxygen atoms in total. The zero-order valence-corrected chi connectivity index (χ0v) is 21.8. The van der Waals surface area contributed by atoms with Crippen LogP contribution in [0.25, 0.3) is 10.8 Å². The Morgan fingerprint density at radius 3 is 2.38 bits per heavy atom. The Balaban J connectivity index is 2.20. The molecule has 7 heteroatoms. The SMILES string of the molecule is CCOC(=O)C1=C[C@H](C(C)C)N(S(=O)(=O)CC[Si](C)(C)C)[C@@H]1c1cccc2ccccc12. The van der Waals surface area contributed by atoms with Gasteiger partial charge in [0, 0.05) is 14.1 Å². The fourth-order valence-electron chi connectivity index (χ4n) is 4.22. The normalized spacial score (nSPS) is 20.0. The van der Waals surface area contributed by atoms with E-state index in [1.54, 1.807) is 11.2 Å². The van der Waals surface area contributed by atoms with Gasteiger partial charge in [-0.3, -0.25) is 0 Å². The number of carbonyl (C=O) groups excluding carboxylic acids is 1. The number of ether oxygens (including phenoxy) is 1. The summed E-state index contributed by atoms with van der Waals surface area (Å²) in [6.07, 6.45) is 1.82. The molecule has 0 fully saturated rings. The van der Waals surface area contributed by atoms with Gasteiger partial charge in [0.2, 0.25) is 10.0 Å². The van der Waals surface area contributed by atoms with Gasteiger partial charge in [0.05, 0.1) is 24.0 Å². The molecule has 2 aromatic rings. The Morgan fingerprint density at radius 2 is 1.75 bits per heavy atom. The van der Waals surface area contributed by atoms with E-state index < -0.39 is 36.2 Å². The third kappa shape index (κ3) is 5.16. The van der Waals surface area contributed by atoms with Gasteiger partial charge in [-0.2, -0.15) is 4.31 Å². The van der Waals surface area contributed by atoms with Crippen molar-refractivity contribution in [2.45, 2.75) is 58.5 Å². The van der Waals surface area contributed by atoms with Crippen molar-refractivity contribution in [3.8, 4) is 0 Å². The Morgan fingerprint density at radius 1 is 1.09 bits per heavy atom. The molecule has 3 rings (SSSR count). The van der Waals surface area contributed by atoms with Gasteiger partial charge in [0.25, 0.3) is 0 Å². The third-order valence-corrected chi connectivity index (χ3v) is 9.87. The average Bonchev–Trinajstić information content (AvgIpc) is 3.13. The van der Waals surface area contributed by atoms with Crippen molar-refractivity contribution in [3.63, 3.8) is 0 Å². The van der Waals surface area contributed by atoms with E-state index in [0.717, 1.165) is 16.3 Å². The topological polar surface area (TPSA) is 63.7 Å². The Bertz CT molecular complexity index is 1110. The molecule has 1 heterocycles. The molecule has 0 saturated heterocycles. The van der Waals surface area contributed by atoms with E-state index in [-0.39, 0.29) is 18.3 Å². The molecule has 174 valence electrons. The molecule has 0 aliphatic carbocycles. The van der Waals surface area contributed by atoms with Gasteiger partial charge in [-0.25, -0.2) is 13.2 Å². The summed E-state index contributed by atoms with van der Waals surface area (Å²) < 4.78 is 34.6. The van der Waals surface area contributed by atoms with Gasteiger partial charge >= 0.3 is 5.97 Å². The van der Waals surface area contributed by atoms with Crippen molar-refractivity contribution in [1.82, 2.24) is 4.31 Å². The Labute approximate surface area is 193 Å². The maximum Gasteiger partial charge on any atom is 0.335 e. The number of rotatable bonds is 8. The highest BCUT2D eigenvalue weighted by atomic mass is 32.2. The van der Waals surface area contributed by atoms with Crippen LogP contribution in [0, 0.1) is 5.92 Å². The largest absolute Gasteiger partial charge is 0.463 e. The number of carbonyl (C=O) groups is 1. The highest BCUT2D eigenvalue weighted by Crippen LogP contribution is 2.44. The number of esters is 1. The summed E-state index contributed by atoms with van der Waals surface area (Å²) in [5.74, 6) is -0.336. The van der Waals surface area contributed by atoms with E-state index in [9.17, 15) is 13.2 Å². The quantitative estimate of drug-likeness (QED) is 0.381. The number of benzene rings is 2. The highest BCUT2D eigenvalue weighted by Gasteiger charge is 2.47. The molecular formula is C25H35NO4SSi. The number of nitrogens with zero attached hydrogens (tertiary/aromatic N) is 1. The van der Waals surface area contributed by atoms with Crippen LogP contribution in [0.15, 0.2) is 54.1 Å². The Kier molecular flexibility index (Phi) is 7.32. The second-order valence-electron chi connectivity index (χ2n) is 10.0. The maximum absolute atomic E-state index is 13.8. The molecule has 2 aromatic carbocycles. The lowest BCUT2D eigenvalue weighted by Crippen LogP contribution is -2.43. The van der Waals surface area contributed by atoms with E-state index in [1.807, 2.05) is 62.4 Å². The zero-order valence-electron chi connectivity index (χ0n) is 20.0. The van der Waals surface area contributed by atoms with Crippen molar-refractivity contribution in [1.29, 1.82) is 0 Å². The van der Waals surface area contributed by atoms with E-state index in [1.165, 1.54) is 0 Å². The summed E-state index contributed by atoms with van der Waals surface area (Å²) in [5.41, 5.74) is 1.24. The first kappa shape index (κ1) is 24.7. The lowest BCUT2D eigenvalue weighted by Gasteiger charge is -2.34. The van der Waals surface area contributed by atoms with Gasteiger partial charge in [-0.05, 0) is 35.2 Å². The molecular weight excluding hydrogens is 438 g/mol. The van der Waals surface area contributed by atoms with Gasteiger partial charge in [-0.15, -0.1) is 0 Å². The van der Waals surface area contributed by atoms with Crippen molar-refractivity contribution in [3.05, 3.63) is 59.7 Å². The van der Waals surface area contributed by atoms with E-state index >= 15 is 0 Å². The minimum absolute atomic E-state index is 0.0149. The van der Waals surface area contributed by atoms with Crippen molar-refractivity contribution >= 4 is 34.8 Å². The number of sulfonamides is 1. The number of hydrogen-bond donors (Lipinski definition) is 0. The first-order valence-corrected chi connectivity index (χ1v) is 16.7. The molecule has 0 amide bonds. The molecule has 0 spiro atoms. The molecule has 0 aromatic heterocycles. The van der Waals surface area contributed by atoms with E-state index in [2.05, 4.69) is 19.6 Å². The zero-order chi connectivity index (χ0) is 23.7. The molecule has 0 radical (unpaired) electrons. The molecule has 2 atom stereocenters. The summed E-state index contributed by atoms with van der Waals surface area (Å²) in [5, 5.41) is 1.96. The minimum atomic E-state index is -3.63. The predicted octanol–water partition coefficient (Wildman–Crippen LogP) is 5.38. The lowest BCUT2D eigenvalue weighted by molar-refractivity contribution is -0.138. The van der Waals surface area contributed by atoms with Crippen LogP contribution in [0.1, 0.15) is 32.4 Å². The van der Waals surface area contributed by atoms with Crippen LogP contribution in [0.2, 0.25) is 25.7 Å².